The third kappa shape index (κ3) is 2.66. The summed E-state index contributed by atoms with van der Waals surface area (Å²) in [5, 5.41) is 1.06. The average Bonchev–Trinajstić information content (AvgIpc) is 2.99. The van der Waals surface area contributed by atoms with Gasteiger partial charge in [-0.1, -0.05) is 18.2 Å². The summed E-state index contributed by atoms with van der Waals surface area (Å²) < 4.78 is 0. The van der Waals surface area contributed by atoms with E-state index in [-0.39, 0.29) is 5.91 Å². The Balaban J connectivity index is 1.62. The van der Waals surface area contributed by atoms with Crippen LogP contribution in [-0.2, 0) is 12.8 Å². The maximum Gasteiger partial charge on any atom is 0.269 e. The molecule has 116 valence electrons. The first-order valence-electron chi connectivity index (χ1n) is 7.69. The van der Waals surface area contributed by atoms with Crippen LogP contribution in [0.5, 0.6) is 0 Å². The van der Waals surface area contributed by atoms with E-state index < -0.39 is 0 Å². The maximum atomic E-state index is 12.2. The van der Waals surface area contributed by atoms with Crippen molar-refractivity contribution in [3.63, 3.8) is 0 Å². The summed E-state index contributed by atoms with van der Waals surface area (Å²) in [5.41, 5.74) is 7.66. The van der Waals surface area contributed by atoms with Crippen molar-refractivity contribution in [1.82, 2.24) is 15.4 Å². The molecule has 6 heteroatoms. The summed E-state index contributed by atoms with van der Waals surface area (Å²) in [6, 6.07) is 9.12. The zero-order valence-corrected chi connectivity index (χ0v) is 13.3. The third-order valence-corrected chi connectivity index (χ3v) is 5.28. The Bertz CT molecular complexity index is 860. The van der Waals surface area contributed by atoms with Gasteiger partial charge in [-0.2, -0.15) is 0 Å². The first kappa shape index (κ1) is 14.1. The van der Waals surface area contributed by atoms with Crippen molar-refractivity contribution in [3.05, 3.63) is 52.7 Å². The highest BCUT2D eigenvalue weighted by Gasteiger charge is 2.20. The lowest BCUT2D eigenvalue weighted by Crippen LogP contribution is -2.29. The van der Waals surface area contributed by atoms with Crippen LogP contribution in [0.3, 0.4) is 0 Å². The number of benzene rings is 1. The lowest BCUT2D eigenvalue weighted by Gasteiger charge is -2.13. The Morgan fingerprint density at radius 1 is 1.09 bits per heavy atom. The molecule has 0 aliphatic heterocycles. The van der Waals surface area contributed by atoms with Gasteiger partial charge in [-0.15, -0.1) is 11.3 Å². The van der Waals surface area contributed by atoms with Crippen molar-refractivity contribution in [3.8, 4) is 0 Å². The van der Waals surface area contributed by atoms with Gasteiger partial charge in [0.1, 0.15) is 11.2 Å². The first-order chi connectivity index (χ1) is 11.3. The zero-order chi connectivity index (χ0) is 15.6. The molecule has 1 aromatic carbocycles. The van der Waals surface area contributed by atoms with Crippen molar-refractivity contribution in [2.75, 3.05) is 5.43 Å². The van der Waals surface area contributed by atoms with E-state index in [1.807, 2.05) is 18.2 Å². The van der Waals surface area contributed by atoms with Gasteiger partial charge in [0.2, 0.25) is 0 Å². The summed E-state index contributed by atoms with van der Waals surface area (Å²) in [6.45, 7) is 0. The summed E-state index contributed by atoms with van der Waals surface area (Å²) in [4.78, 5) is 23.3. The van der Waals surface area contributed by atoms with Crippen LogP contribution in [0.15, 0.2) is 36.7 Å². The SMILES string of the molecule is O=C(NNc1ncnc2sc3c(c12)CCCC3)c1ccccc1. The van der Waals surface area contributed by atoms with Crippen LogP contribution in [0, 0.1) is 0 Å². The highest BCUT2D eigenvalue weighted by Crippen LogP contribution is 2.37. The molecule has 3 aromatic rings. The van der Waals surface area contributed by atoms with E-state index in [0.29, 0.717) is 11.4 Å². The monoisotopic (exact) mass is 324 g/mol. The minimum atomic E-state index is -0.179. The van der Waals surface area contributed by atoms with E-state index in [2.05, 4.69) is 20.8 Å². The fourth-order valence-corrected chi connectivity index (χ4v) is 4.19. The number of fused-ring (bicyclic) bond motifs is 3. The Hall–Kier alpha value is -2.47. The quantitative estimate of drug-likeness (QED) is 0.725. The first-order valence-corrected chi connectivity index (χ1v) is 8.51. The molecule has 1 aliphatic rings. The van der Waals surface area contributed by atoms with Crippen LogP contribution in [0.2, 0.25) is 0 Å². The fraction of sp³-hybridized carbons (Fsp3) is 0.235. The highest BCUT2D eigenvalue weighted by atomic mass is 32.1. The molecule has 0 atom stereocenters. The molecular weight excluding hydrogens is 308 g/mol. The van der Waals surface area contributed by atoms with Gasteiger partial charge in [-0.05, 0) is 43.4 Å². The Labute approximate surface area is 137 Å². The van der Waals surface area contributed by atoms with Gasteiger partial charge in [-0.25, -0.2) is 9.97 Å². The maximum absolute atomic E-state index is 12.2. The number of hydrogen-bond acceptors (Lipinski definition) is 5. The second-order valence-electron chi connectivity index (χ2n) is 5.56. The van der Waals surface area contributed by atoms with E-state index in [4.69, 9.17) is 0 Å². The summed E-state index contributed by atoms with van der Waals surface area (Å²) >= 11 is 1.74. The summed E-state index contributed by atoms with van der Waals surface area (Å²) in [5.74, 6) is 0.500. The Morgan fingerprint density at radius 2 is 1.91 bits per heavy atom. The molecule has 4 rings (SSSR count). The van der Waals surface area contributed by atoms with Gasteiger partial charge >= 0.3 is 0 Å². The lowest BCUT2D eigenvalue weighted by molar-refractivity contribution is 0.0962. The number of aryl methyl sites for hydroxylation is 2. The normalized spacial score (nSPS) is 13.6. The van der Waals surface area contributed by atoms with Gasteiger partial charge in [-0.3, -0.25) is 15.6 Å². The minimum absolute atomic E-state index is 0.179. The number of aromatic nitrogens is 2. The van der Waals surface area contributed by atoms with E-state index in [9.17, 15) is 4.79 Å². The smallest absolute Gasteiger partial charge is 0.269 e. The predicted octanol–water partition coefficient (Wildman–Crippen LogP) is 3.33. The van der Waals surface area contributed by atoms with Crippen LogP contribution in [0.4, 0.5) is 5.82 Å². The van der Waals surface area contributed by atoms with Crippen LogP contribution in [0.1, 0.15) is 33.6 Å². The molecule has 5 nitrogen and oxygen atoms in total. The third-order valence-electron chi connectivity index (χ3n) is 4.08. The van der Waals surface area contributed by atoms with E-state index >= 15 is 0 Å². The molecule has 1 aliphatic carbocycles. The van der Waals surface area contributed by atoms with Crippen molar-refractivity contribution in [2.24, 2.45) is 0 Å². The zero-order valence-electron chi connectivity index (χ0n) is 12.5. The van der Waals surface area contributed by atoms with E-state index in [1.165, 1.54) is 23.3 Å². The number of thiophene rings is 1. The predicted molar refractivity (Wildman–Crippen MR) is 91.6 cm³/mol. The van der Waals surface area contributed by atoms with Crippen molar-refractivity contribution in [1.29, 1.82) is 0 Å². The van der Waals surface area contributed by atoms with Crippen LogP contribution in [-0.4, -0.2) is 15.9 Å². The van der Waals surface area contributed by atoms with Gasteiger partial charge in [0.25, 0.3) is 5.91 Å². The molecule has 0 bridgehead atoms. The number of carbonyl (C=O) groups excluding carboxylic acids is 1. The summed E-state index contributed by atoms with van der Waals surface area (Å²) in [6.07, 6.45) is 6.15. The molecule has 0 saturated heterocycles. The molecule has 2 N–H and O–H groups in total. The lowest BCUT2D eigenvalue weighted by atomic mass is 9.97. The molecule has 0 saturated carbocycles. The number of nitrogens with zero attached hydrogens (tertiary/aromatic N) is 2. The average molecular weight is 324 g/mol. The summed E-state index contributed by atoms with van der Waals surface area (Å²) in [7, 11) is 0. The molecule has 23 heavy (non-hydrogen) atoms. The number of rotatable bonds is 3. The molecule has 0 fully saturated rings. The highest BCUT2D eigenvalue weighted by molar-refractivity contribution is 7.19. The van der Waals surface area contributed by atoms with Gasteiger partial charge in [0, 0.05) is 10.4 Å². The van der Waals surface area contributed by atoms with Gasteiger partial charge < -0.3 is 0 Å². The van der Waals surface area contributed by atoms with E-state index in [1.54, 1.807) is 29.8 Å². The topological polar surface area (TPSA) is 66.9 Å². The largest absolute Gasteiger partial charge is 0.281 e. The second kappa shape index (κ2) is 5.96. The number of nitrogens with one attached hydrogen (secondary N) is 2. The molecule has 2 heterocycles. The second-order valence-corrected chi connectivity index (χ2v) is 6.64. The molecule has 0 unspecified atom stereocenters. The van der Waals surface area contributed by atoms with Gasteiger partial charge in [0.15, 0.2) is 5.82 Å². The van der Waals surface area contributed by atoms with Crippen molar-refractivity contribution < 1.29 is 4.79 Å². The van der Waals surface area contributed by atoms with Crippen molar-refractivity contribution >= 4 is 33.3 Å². The minimum Gasteiger partial charge on any atom is -0.281 e. The molecule has 2 aromatic heterocycles. The molecule has 0 spiro atoms. The van der Waals surface area contributed by atoms with Crippen LogP contribution < -0.4 is 10.9 Å². The van der Waals surface area contributed by atoms with Crippen molar-refractivity contribution in [2.45, 2.75) is 25.7 Å². The molecular formula is C17H16N4OS. The van der Waals surface area contributed by atoms with E-state index in [0.717, 1.165) is 23.1 Å². The van der Waals surface area contributed by atoms with Crippen LogP contribution in [0.25, 0.3) is 10.2 Å². The Kier molecular flexibility index (Phi) is 3.67. The number of amides is 1. The number of carbonyl (C=O) groups is 1. The number of hydrogen-bond donors (Lipinski definition) is 2. The Morgan fingerprint density at radius 3 is 2.78 bits per heavy atom. The molecule has 1 amide bonds. The number of hydrazine groups is 1. The standard InChI is InChI=1S/C17H16N4OS/c22-16(11-6-2-1-3-7-11)21-20-15-14-12-8-4-5-9-13(12)23-17(14)19-10-18-15/h1-3,6-7,10H,4-5,8-9H2,(H,21,22)(H,18,19,20). The number of anilines is 1. The van der Waals surface area contributed by atoms with Gasteiger partial charge in [0.05, 0.1) is 5.39 Å². The fourth-order valence-electron chi connectivity index (χ4n) is 2.96. The van der Waals surface area contributed by atoms with Crippen LogP contribution >= 0.6 is 11.3 Å². The molecule has 0 radical (unpaired) electrons.